The second-order valence-electron chi connectivity index (χ2n) is 6.22. The standard InChI is InChI=1S/C20H21N5/c1-14(10-16(22)7-9-24-20-4-2-3-8-23-20)18-13-25-19-11-15(12-21)5-6-17(18)19/h2-6,8,11,13-14,22,25H,7,9-10H2,1H3,(H,23,24). The first-order chi connectivity index (χ1) is 12.2. The van der Waals surface area contributed by atoms with Gasteiger partial charge in [0.2, 0.25) is 0 Å². The molecule has 0 bridgehead atoms. The molecule has 126 valence electrons. The lowest BCUT2D eigenvalue weighted by atomic mass is 9.93. The fourth-order valence-electron chi connectivity index (χ4n) is 3.02. The van der Waals surface area contributed by atoms with Crippen LogP contribution < -0.4 is 5.32 Å². The van der Waals surface area contributed by atoms with Gasteiger partial charge in [0.15, 0.2) is 0 Å². The topological polar surface area (TPSA) is 88.3 Å². The molecule has 1 unspecified atom stereocenters. The highest BCUT2D eigenvalue weighted by molar-refractivity contribution is 5.87. The van der Waals surface area contributed by atoms with Crippen molar-refractivity contribution in [2.24, 2.45) is 0 Å². The molecule has 0 aliphatic rings. The highest BCUT2D eigenvalue weighted by atomic mass is 15.0. The Hall–Kier alpha value is -3.13. The summed E-state index contributed by atoms with van der Waals surface area (Å²) in [4.78, 5) is 7.46. The van der Waals surface area contributed by atoms with Crippen molar-refractivity contribution >= 4 is 22.4 Å². The fourth-order valence-corrected chi connectivity index (χ4v) is 3.02. The van der Waals surface area contributed by atoms with Crippen molar-refractivity contribution in [3.8, 4) is 6.07 Å². The number of fused-ring (bicyclic) bond motifs is 1. The third kappa shape index (κ3) is 4.04. The van der Waals surface area contributed by atoms with Gasteiger partial charge in [-0.3, -0.25) is 0 Å². The molecule has 3 rings (SSSR count). The molecule has 1 atom stereocenters. The van der Waals surface area contributed by atoms with E-state index in [0.29, 0.717) is 18.5 Å². The lowest BCUT2D eigenvalue weighted by Gasteiger charge is -2.12. The zero-order valence-corrected chi connectivity index (χ0v) is 14.2. The molecule has 0 aliphatic carbocycles. The van der Waals surface area contributed by atoms with Gasteiger partial charge < -0.3 is 15.7 Å². The van der Waals surface area contributed by atoms with Crippen LogP contribution in [0.4, 0.5) is 5.82 Å². The van der Waals surface area contributed by atoms with Crippen LogP contribution in [0.15, 0.2) is 48.8 Å². The van der Waals surface area contributed by atoms with Gasteiger partial charge in [-0.05, 0) is 42.2 Å². The molecular formula is C20H21N5. The van der Waals surface area contributed by atoms with E-state index < -0.39 is 0 Å². The quantitative estimate of drug-likeness (QED) is 0.559. The monoisotopic (exact) mass is 331 g/mol. The smallest absolute Gasteiger partial charge is 0.125 e. The molecule has 5 heteroatoms. The van der Waals surface area contributed by atoms with Crippen molar-refractivity contribution in [2.45, 2.75) is 25.7 Å². The minimum absolute atomic E-state index is 0.254. The van der Waals surface area contributed by atoms with Crippen LogP contribution in [0.5, 0.6) is 0 Å². The maximum absolute atomic E-state index is 8.99. The van der Waals surface area contributed by atoms with E-state index in [1.165, 1.54) is 5.56 Å². The number of pyridine rings is 1. The summed E-state index contributed by atoms with van der Waals surface area (Å²) in [5.74, 6) is 1.09. The normalized spacial score (nSPS) is 11.8. The zero-order chi connectivity index (χ0) is 17.6. The highest BCUT2D eigenvalue weighted by Crippen LogP contribution is 2.28. The second kappa shape index (κ2) is 7.63. The number of benzene rings is 1. The predicted octanol–water partition coefficient (Wildman–Crippen LogP) is 4.45. The van der Waals surface area contributed by atoms with Gasteiger partial charge in [-0.2, -0.15) is 5.26 Å². The van der Waals surface area contributed by atoms with Gasteiger partial charge in [0.1, 0.15) is 5.82 Å². The van der Waals surface area contributed by atoms with E-state index in [1.54, 1.807) is 6.20 Å². The Kier molecular flexibility index (Phi) is 5.10. The molecule has 0 saturated carbocycles. The first-order valence-electron chi connectivity index (χ1n) is 8.39. The molecule has 2 aromatic heterocycles. The van der Waals surface area contributed by atoms with Gasteiger partial charge in [-0.1, -0.05) is 19.1 Å². The van der Waals surface area contributed by atoms with Crippen molar-refractivity contribution in [3.63, 3.8) is 0 Å². The van der Waals surface area contributed by atoms with Crippen LogP contribution in [0.2, 0.25) is 0 Å². The summed E-state index contributed by atoms with van der Waals surface area (Å²) in [6.45, 7) is 2.85. The van der Waals surface area contributed by atoms with E-state index in [2.05, 4.69) is 28.3 Å². The Bertz CT molecular complexity index is 905. The van der Waals surface area contributed by atoms with Gasteiger partial charge in [0.25, 0.3) is 0 Å². The molecule has 0 spiro atoms. The SMILES string of the molecule is CC(CC(=N)CCNc1ccccn1)c1c[nH]c2cc(C#N)ccc12. The van der Waals surface area contributed by atoms with E-state index in [9.17, 15) is 0 Å². The molecule has 0 saturated heterocycles. The van der Waals surface area contributed by atoms with Crippen molar-refractivity contribution in [2.75, 3.05) is 11.9 Å². The molecule has 0 aliphatic heterocycles. The number of hydrogen-bond donors (Lipinski definition) is 3. The summed E-state index contributed by atoms with van der Waals surface area (Å²) in [6.07, 6.45) is 5.17. The van der Waals surface area contributed by atoms with Gasteiger partial charge in [0, 0.05) is 42.0 Å². The minimum atomic E-state index is 0.254. The van der Waals surface area contributed by atoms with Crippen LogP contribution in [0.1, 0.15) is 36.8 Å². The van der Waals surface area contributed by atoms with Crippen molar-refractivity contribution in [3.05, 3.63) is 59.9 Å². The van der Waals surface area contributed by atoms with E-state index in [0.717, 1.165) is 28.9 Å². The number of anilines is 1. The number of aromatic nitrogens is 2. The van der Waals surface area contributed by atoms with E-state index in [1.807, 2.05) is 42.6 Å². The maximum atomic E-state index is 8.99. The van der Waals surface area contributed by atoms with E-state index in [4.69, 9.17) is 10.7 Å². The first kappa shape index (κ1) is 16.7. The summed E-state index contributed by atoms with van der Waals surface area (Å²) in [5.41, 5.74) is 3.55. The Morgan fingerprint density at radius 2 is 2.24 bits per heavy atom. The first-order valence-corrected chi connectivity index (χ1v) is 8.39. The summed E-state index contributed by atoms with van der Waals surface area (Å²) in [6, 6.07) is 13.6. The number of nitriles is 1. The molecule has 2 heterocycles. The summed E-state index contributed by atoms with van der Waals surface area (Å²) in [7, 11) is 0. The Balaban J connectivity index is 1.57. The summed E-state index contributed by atoms with van der Waals surface area (Å²) < 4.78 is 0. The third-order valence-electron chi connectivity index (χ3n) is 4.32. The third-order valence-corrected chi connectivity index (χ3v) is 4.32. The highest BCUT2D eigenvalue weighted by Gasteiger charge is 2.13. The Labute approximate surface area is 147 Å². The van der Waals surface area contributed by atoms with Crippen LogP contribution in [0.25, 0.3) is 10.9 Å². The lowest BCUT2D eigenvalue weighted by molar-refractivity contribution is 0.794. The number of rotatable bonds is 7. The Morgan fingerprint density at radius 3 is 3.00 bits per heavy atom. The van der Waals surface area contributed by atoms with Crippen LogP contribution >= 0.6 is 0 Å². The summed E-state index contributed by atoms with van der Waals surface area (Å²) >= 11 is 0. The van der Waals surface area contributed by atoms with Crippen LogP contribution in [0.3, 0.4) is 0 Å². The maximum Gasteiger partial charge on any atom is 0.125 e. The molecule has 0 radical (unpaired) electrons. The van der Waals surface area contributed by atoms with E-state index in [-0.39, 0.29) is 5.92 Å². The van der Waals surface area contributed by atoms with Crippen LogP contribution in [0, 0.1) is 16.7 Å². The molecule has 1 aromatic carbocycles. The fraction of sp³-hybridized carbons (Fsp3) is 0.250. The van der Waals surface area contributed by atoms with Gasteiger partial charge in [-0.25, -0.2) is 4.98 Å². The average molecular weight is 331 g/mol. The molecule has 0 fully saturated rings. The van der Waals surface area contributed by atoms with Crippen molar-refractivity contribution < 1.29 is 0 Å². The number of hydrogen-bond acceptors (Lipinski definition) is 4. The zero-order valence-electron chi connectivity index (χ0n) is 14.2. The minimum Gasteiger partial charge on any atom is -0.370 e. The van der Waals surface area contributed by atoms with Crippen molar-refractivity contribution in [1.82, 2.24) is 9.97 Å². The molecule has 0 amide bonds. The number of H-pyrrole nitrogens is 1. The molecule has 3 aromatic rings. The summed E-state index contributed by atoms with van der Waals surface area (Å²) in [5, 5.41) is 21.6. The van der Waals surface area contributed by atoms with Crippen molar-refractivity contribution in [1.29, 1.82) is 10.7 Å². The second-order valence-corrected chi connectivity index (χ2v) is 6.22. The average Bonchev–Trinajstić information content (AvgIpc) is 3.05. The molecule has 3 N–H and O–H groups in total. The largest absolute Gasteiger partial charge is 0.370 e. The van der Waals surface area contributed by atoms with Crippen LogP contribution in [-0.2, 0) is 0 Å². The number of aromatic amines is 1. The van der Waals surface area contributed by atoms with Crippen LogP contribution in [-0.4, -0.2) is 22.2 Å². The van der Waals surface area contributed by atoms with Gasteiger partial charge >= 0.3 is 0 Å². The number of nitrogens with one attached hydrogen (secondary N) is 3. The number of nitrogens with zero attached hydrogens (tertiary/aromatic N) is 2. The molecule has 25 heavy (non-hydrogen) atoms. The molecule has 5 nitrogen and oxygen atoms in total. The predicted molar refractivity (Wildman–Crippen MR) is 101 cm³/mol. The van der Waals surface area contributed by atoms with Gasteiger partial charge in [0.05, 0.1) is 11.6 Å². The van der Waals surface area contributed by atoms with Gasteiger partial charge in [-0.15, -0.1) is 0 Å². The van der Waals surface area contributed by atoms with E-state index >= 15 is 0 Å². The Morgan fingerprint density at radius 1 is 1.36 bits per heavy atom. The molecular weight excluding hydrogens is 310 g/mol. The lowest BCUT2D eigenvalue weighted by Crippen LogP contribution is -2.10.